The molecule has 2 aromatic carbocycles. The highest BCUT2D eigenvalue weighted by Gasteiger charge is 2.02. The molecular formula is C17H19N3. The zero-order valence-electron chi connectivity index (χ0n) is 12.1. The maximum absolute atomic E-state index is 4.69. The minimum absolute atomic E-state index is 0.716. The van der Waals surface area contributed by atoms with Gasteiger partial charge in [-0.3, -0.25) is 0 Å². The second-order valence-corrected chi connectivity index (χ2v) is 4.80. The quantitative estimate of drug-likeness (QED) is 0.615. The molecule has 0 aliphatic heterocycles. The molecule has 0 bridgehead atoms. The third-order valence-electron chi connectivity index (χ3n) is 2.78. The average molecular weight is 265 g/mol. The predicted molar refractivity (Wildman–Crippen MR) is 86.0 cm³/mol. The lowest BCUT2D eigenvalue weighted by molar-refractivity contribution is 0.644. The van der Waals surface area contributed by atoms with Crippen molar-refractivity contribution in [3.8, 4) is 0 Å². The van der Waals surface area contributed by atoms with Crippen LogP contribution in [0, 0.1) is 6.92 Å². The Morgan fingerprint density at radius 2 is 1.60 bits per heavy atom. The summed E-state index contributed by atoms with van der Waals surface area (Å²) in [4.78, 5) is 11.1. The molecule has 0 aromatic heterocycles. The molecule has 3 nitrogen and oxygen atoms in total. The summed E-state index contributed by atoms with van der Waals surface area (Å²) in [7, 11) is 3.89. The molecule has 0 saturated heterocycles. The highest BCUT2D eigenvalue weighted by molar-refractivity contribution is 6.04. The molecule has 0 amide bonds. The van der Waals surface area contributed by atoms with Crippen molar-refractivity contribution in [1.29, 1.82) is 0 Å². The molecule has 20 heavy (non-hydrogen) atoms. The Bertz CT molecular complexity index is 613. The van der Waals surface area contributed by atoms with E-state index < -0.39 is 0 Å². The molecule has 0 aliphatic carbocycles. The lowest BCUT2D eigenvalue weighted by atomic mass is 10.2. The van der Waals surface area contributed by atoms with Crippen molar-refractivity contribution >= 4 is 17.9 Å². The lowest BCUT2D eigenvalue weighted by Crippen LogP contribution is -2.10. The summed E-state index contributed by atoms with van der Waals surface area (Å²) in [6.45, 7) is 2.05. The van der Waals surface area contributed by atoms with Gasteiger partial charge in [0.25, 0.3) is 0 Å². The van der Waals surface area contributed by atoms with E-state index in [0.717, 1.165) is 16.8 Å². The summed E-state index contributed by atoms with van der Waals surface area (Å²) in [5, 5.41) is 0. The second kappa shape index (κ2) is 6.66. The van der Waals surface area contributed by atoms with Crippen LogP contribution in [-0.2, 0) is 0 Å². The second-order valence-electron chi connectivity index (χ2n) is 4.80. The molecule has 0 unspecified atom stereocenters. The molecule has 0 heterocycles. The monoisotopic (exact) mass is 265 g/mol. The summed E-state index contributed by atoms with van der Waals surface area (Å²) in [6, 6.07) is 18.1. The third-order valence-corrected chi connectivity index (χ3v) is 2.78. The van der Waals surface area contributed by atoms with Gasteiger partial charge in [-0.1, -0.05) is 48.5 Å². The van der Waals surface area contributed by atoms with Crippen molar-refractivity contribution in [2.24, 2.45) is 9.98 Å². The van der Waals surface area contributed by atoms with Crippen LogP contribution in [0.25, 0.3) is 0 Å². The van der Waals surface area contributed by atoms with E-state index in [-0.39, 0.29) is 0 Å². The van der Waals surface area contributed by atoms with Crippen molar-refractivity contribution in [2.45, 2.75) is 6.92 Å². The van der Waals surface area contributed by atoms with Crippen molar-refractivity contribution in [3.63, 3.8) is 0 Å². The maximum atomic E-state index is 4.69. The number of nitrogens with zero attached hydrogens (tertiary/aromatic N) is 3. The van der Waals surface area contributed by atoms with Crippen molar-refractivity contribution in [2.75, 3.05) is 14.1 Å². The van der Waals surface area contributed by atoms with Gasteiger partial charge in [0.05, 0.1) is 12.0 Å². The van der Waals surface area contributed by atoms with E-state index >= 15 is 0 Å². The molecule has 0 radical (unpaired) electrons. The molecule has 0 atom stereocenters. The SMILES string of the molecule is Cc1ccccc1N=C(N=CN(C)C)c1ccccc1. The topological polar surface area (TPSA) is 28.0 Å². The van der Waals surface area contributed by atoms with Gasteiger partial charge in [-0.15, -0.1) is 0 Å². The van der Waals surface area contributed by atoms with Crippen LogP contribution in [0.1, 0.15) is 11.1 Å². The lowest BCUT2D eigenvalue weighted by Gasteiger charge is -2.06. The molecule has 0 N–H and O–H groups in total. The highest BCUT2D eigenvalue weighted by atomic mass is 15.1. The van der Waals surface area contributed by atoms with Crippen molar-refractivity contribution < 1.29 is 0 Å². The van der Waals surface area contributed by atoms with Gasteiger partial charge in [0.2, 0.25) is 0 Å². The summed E-state index contributed by atoms with van der Waals surface area (Å²) in [6.07, 6.45) is 1.77. The molecule has 0 fully saturated rings. The van der Waals surface area contributed by atoms with Gasteiger partial charge >= 0.3 is 0 Å². The first-order chi connectivity index (χ1) is 9.66. The first-order valence-electron chi connectivity index (χ1n) is 6.57. The van der Waals surface area contributed by atoms with E-state index in [4.69, 9.17) is 4.99 Å². The fourth-order valence-electron chi connectivity index (χ4n) is 1.73. The standard InChI is InChI=1S/C17H19N3/c1-14-9-7-8-12-16(14)19-17(18-13-20(2)3)15-10-5-4-6-11-15/h4-13H,1-3H3. The van der Waals surface area contributed by atoms with Crippen LogP contribution in [0.5, 0.6) is 0 Å². The fourth-order valence-corrected chi connectivity index (χ4v) is 1.73. The van der Waals surface area contributed by atoms with E-state index in [0.29, 0.717) is 5.84 Å². The molecule has 0 spiro atoms. The zero-order valence-corrected chi connectivity index (χ0v) is 12.1. The van der Waals surface area contributed by atoms with Crippen LogP contribution in [0.2, 0.25) is 0 Å². The Morgan fingerprint density at radius 1 is 0.950 bits per heavy atom. The number of benzene rings is 2. The summed E-state index contributed by atoms with van der Waals surface area (Å²) in [5.74, 6) is 0.716. The number of aryl methyl sites for hydroxylation is 1. The van der Waals surface area contributed by atoms with E-state index in [9.17, 15) is 0 Å². The van der Waals surface area contributed by atoms with Crippen LogP contribution >= 0.6 is 0 Å². The summed E-state index contributed by atoms with van der Waals surface area (Å²) in [5.41, 5.74) is 3.09. The number of para-hydroxylation sites is 1. The first-order valence-corrected chi connectivity index (χ1v) is 6.57. The zero-order chi connectivity index (χ0) is 14.4. The van der Waals surface area contributed by atoms with Gasteiger partial charge in [0.1, 0.15) is 0 Å². The predicted octanol–water partition coefficient (Wildman–Crippen LogP) is 3.66. The van der Waals surface area contributed by atoms with Gasteiger partial charge in [0.15, 0.2) is 5.84 Å². The van der Waals surface area contributed by atoms with Crippen LogP contribution in [0.3, 0.4) is 0 Å². The van der Waals surface area contributed by atoms with E-state index in [1.54, 1.807) is 6.34 Å². The van der Waals surface area contributed by atoms with Crippen molar-refractivity contribution in [1.82, 2.24) is 4.90 Å². The number of rotatable bonds is 3. The molecule has 3 heteroatoms. The Kier molecular flexibility index (Phi) is 4.66. The molecule has 2 aromatic rings. The van der Waals surface area contributed by atoms with Crippen LogP contribution in [0.15, 0.2) is 64.6 Å². The largest absolute Gasteiger partial charge is 0.369 e. The average Bonchev–Trinajstić information content (AvgIpc) is 2.46. The van der Waals surface area contributed by atoms with Gasteiger partial charge in [0, 0.05) is 19.7 Å². The molecule has 0 saturated carbocycles. The molecule has 2 rings (SSSR count). The van der Waals surface area contributed by atoms with E-state index in [1.165, 1.54) is 0 Å². The van der Waals surface area contributed by atoms with Gasteiger partial charge in [-0.05, 0) is 18.6 Å². The van der Waals surface area contributed by atoms with Gasteiger partial charge < -0.3 is 4.90 Å². The third kappa shape index (κ3) is 3.79. The molecular weight excluding hydrogens is 246 g/mol. The Morgan fingerprint density at radius 3 is 2.25 bits per heavy atom. The molecule has 102 valence electrons. The summed E-state index contributed by atoms with van der Waals surface area (Å²) < 4.78 is 0. The van der Waals surface area contributed by atoms with Crippen LogP contribution in [0.4, 0.5) is 5.69 Å². The van der Waals surface area contributed by atoms with E-state index in [1.807, 2.05) is 67.5 Å². The fraction of sp³-hybridized carbons (Fsp3) is 0.176. The minimum Gasteiger partial charge on any atom is -0.369 e. The number of amidine groups is 1. The summed E-state index contributed by atoms with van der Waals surface area (Å²) >= 11 is 0. The minimum atomic E-state index is 0.716. The number of aliphatic imine (C=N–C) groups is 2. The Balaban J connectivity index is 2.44. The van der Waals surface area contributed by atoms with Crippen molar-refractivity contribution in [3.05, 3.63) is 65.7 Å². The van der Waals surface area contributed by atoms with Crippen LogP contribution < -0.4 is 0 Å². The highest BCUT2D eigenvalue weighted by Crippen LogP contribution is 2.19. The number of hydrogen-bond donors (Lipinski definition) is 0. The first kappa shape index (κ1) is 14.0. The van der Waals surface area contributed by atoms with Crippen LogP contribution in [-0.4, -0.2) is 31.2 Å². The maximum Gasteiger partial charge on any atom is 0.161 e. The van der Waals surface area contributed by atoms with Gasteiger partial charge in [-0.2, -0.15) is 0 Å². The number of hydrogen-bond acceptors (Lipinski definition) is 1. The Hall–Kier alpha value is -2.42. The normalized spacial score (nSPS) is 11.8. The van der Waals surface area contributed by atoms with E-state index in [2.05, 4.69) is 18.0 Å². The van der Waals surface area contributed by atoms with Gasteiger partial charge in [-0.25, -0.2) is 9.98 Å². The Labute approximate surface area is 120 Å². The smallest absolute Gasteiger partial charge is 0.161 e. The molecule has 0 aliphatic rings.